The van der Waals surface area contributed by atoms with Crippen molar-refractivity contribution < 1.29 is 24.2 Å². The van der Waals surface area contributed by atoms with E-state index in [1.165, 1.54) is 30.0 Å². The second kappa shape index (κ2) is 5.62. The minimum Gasteiger partial charge on any atom is -0.478 e. The largest absolute Gasteiger partial charge is 0.478 e. The van der Waals surface area contributed by atoms with Gasteiger partial charge in [-0.25, -0.2) is 9.59 Å². The molecule has 6 heteroatoms. The highest BCUT2D eigenvalue weighted by atomic mass is 32.2. The van der Waals surface area contributed by atoms with Gasteiger partial charge in [-0.1, -0.05) is 23.9 Å². The van der Waals surface area contributed by atoms with Gasteiger partial charge in [-0.15, -0.1) is 0 Å². The number of carboxylic acid groups (broad SMARTS) is 2. The Morgan fingerprint density at radius 3 is 2.21 bits per heavy atom. The van der Waals surface area contributed by atoms with Crippen molar-refractivity contribution in [3.05, 3.63) is 53.3 Å². The SMILES string of the molecule is O=C(O)c1ccc(CSc2ccc(C(=O)O)o2)cc1. The van der Waals surface area contributed by atoms with Gasteiger partial charge in [0.1, 0.15) is 0 Å². The molecule has 0 saturated heterocycles. The highest BCUT2D eigenvalue weighted by Gasteiger charge is 2.09. The van der Waals surface area contributed by atoms with Gasteiger partial charge >= 0.3 is 11.9 Å². The van der Waals surface area contributed by atoms with Crippen molar-refractivity contribution in [2.75, 3.05) is 0 Å². The van der Waals surface area contributed by atoms with Crippen LogP contribution in [0, 0.1) is 0 Å². The van der Waals surface area contributed by atoms with Gasteiger partial charge in [-0.3, -0.25) is 0 Å². The van der Waals surface area contributed by atoms with Gasteiger partial charge in [0.15, 0.2) is 5.09 Å². The van der Waals surface area contributed by atoms with Crippen LogP contribution in [0.4, 0.5) is 0 Å². The second-order valence-electron chi connectivity index (χ2n) is 3.71. The van der Waals surface area contributed by atoms with Gasteiger partial charge in [0, 0.05) is 5.75 Å². The van der Waals surface area contributed by atoms with Crippen molar-refractivity contribution in [1.82, 2.24) is 0 Å². The number of furan rings is 1. The highest BCUT2D eigenvalue weighted by molar-refractivity contribution is 7.98. The molecule has 19 heavy (non-hydrogen) atoms. The van der Waals surface area contributed by atoms with Crippen LogP contribution >= 0.6 is 11.8 Å². The summed E-state index contributed by atoms with van der Waals surface area (Å²) in [5, 5.41) is 18.0. The third-order valence-electron chi connectivity index (χ3n) is 2.37. The number of hydrogen-bond acceptors (Lipinski definition) is 4. The molecule has 0 bridgehead atoms. The molecule has 0 aliphatic rings. The Kier molecular flexibility index (Phi) is 3.91. The zero-order valence-electron chi connectivity index (χ0n) is 9.70. The molecular formula is C13H10O5S. The summed E-state index contributed by atoms with van der Waals surface area (Å²) in [7, 11) is 0. The first-order valence-corrected chi connectivity index (χ1v) is 6.33. The van der Waals surface area contributed by atoms with Crippen molar-refractivity contribution in [2.24, 2.45) is 0 Å². The van der Waals surface area contributed by atoms with Crippen LogP contribution in [-0.2, 0) is 5.75 Å². The molecule has 0 aliphatic carbocycles. The number of hydrogen-bond donors (Lipinski definition) is 2. The normalized spacial score (nSPS) is 10.3. The molecule has 98 valence electrons. The van der Waals surface area contributed by atoms with Crippen molar-refractivity contribution in [2.45, 2.75) is 10.8 Å². The average Bonchev–Trinajstić information content (AvgIpc) is 2.86. The van der Waals surface area contributed by atoms with E-state index in [2.05, 4.69) is 0 Å². The molecule has 1 aromatic carbocycles. The monoisotopic (exact) mass is 278 g/mol. The highest BCUT2D eigenvalue weighted by Crippen LogP contribution is 2.25. The molecule has 0 unspecified atom stereocenters. The summed E-state index contributed by atoms with van der Waals surface area (Å²) < 4.78 is 5.10. The van der Waals surface area contributed by atoms with E-state index < -0.39 is 11.9 Å². The standard InChI is InChI=1S/C13H10O5S/c14-12(15)9-3-1-8(2-4-9)7-19-11-6-5-10(18-11)13(16)17/h1-6H,7H2,(H,14,15)(H,16,17). The van der Waals surface area contributed by atoms with E-state index in [9.17, 15) is 9.59 Å². The molecule has 2 rings (SSSR count). The Balaban J connectivity index is 1.97. The zero-order valence-corrected chi connectivity index (χ0v) is 10.5. The third kappa shape index (κ3) is 3.38. The summed E-state index contributed by atoms with van der Waals surface area (Å²) in [6.45, 7) is 0. The summed E-state index contributed by atoms with van der Waals surface area (Å²) in [6, 6.07) is 9.50. The van der Waals surface area contributed by atoms with Crippen LogP contribution in [0.15, 0.2) is 45.9 Å². The average molecular weight is 278 g/mol. The summed E-state index contributed by atoms with van der Waals surface area (Å²) in [5.74, 6) is -1.58. The predicted octanol–water partition coefficient (Wildman–Crippen LogP) is 2.97. The molecule has 5 nitrogen and oxygen atoms in total. The molecule has 1 heterocycles. The van der Waals surface area contributed by atoms with Crippen LogP contribution < -0.4 is 0 Å². The molecule has 1 aromatic heterocycles. The minimum atomic E-state index is -1.10. The Morgan fingerprint density at radius 1 is 1.00 bits per heavy atom. The maximum absolute atomic E-state index is 10.7. The maximum Gasteiger partial charge on any atom is 0.371 e. The smallest absolute Gasteiger partial charge is 0.371 e. The Morgan fingerprint density at radius 2 is 1.68 bits per heavy atom. The van der Waals surface area contributed by atoms with E-state index in [1.54, 1.807) is 18.2 Å². The topological polar surface area (TPSA) is 87.7 Å². The van der Waals surface area contributed by atoms with Gasteiger partial charge in [-0.05, 0) is 29.8 Å². The van der Waals surface area contributed by atoms with Gasteiger partial charge in [-0.2, -0.15) is 0 Å². The number of benzene rings is 1. The first kappa shape index (κ1) is 13.2. The fourth-order valence-corrected chi connectivity index (χ4v) is 2.23. The van der Waals surface area contributed by atoms with Crippen LogP contribution in [0.3, 0.4) is 0 Å². The number of carbonyl (C=O) groups is 2. The van der Waals surface area contributed by atoms with Gasteiger partial charge in [0.2, 0.25) is 5.76 Å². The van der Waals surface area contributed by atoms with Gasteiger partial charge in [0.05, 0.1) is 5.56 Å². The number of carboxylic acids is 2. The maximum atomic E-state index is 10.7. The van der Waals surface area contributed by atoms with E-state index in [0.29, 0.717) is 10.8 Å². The summed E-state index contributed by atoms with van der Waals surface area (Å²) in [6.07, 6.45) is 0. The van der Waals surface area contributed by atoms with E-state index in [-0.39, 0.29) is 11.3 Å². The predicted molar refractivity (Wildman–Crippen MR) is 68.6 cm³/mol. The van der Waals surface area contributed by atoms with Crippen molar-refractivity contribution >= 4 is 23.7 Å². The number of aromatic carboxylic acids is 2. The van der Waals surface area contributed by atoms with Gasteiger partial charge in [0.25, 0.3) is 0 Å². The van der Waals surface area contributed by atoms with Crippen LogP contribution in [0.25, 0.3) is 0 Å². The van der Waals surface area contributed by atoms with E-state index in [1.807, 2.05) is 0 Å². The fraction of sp³-hybridized carbons (Fsp3) is 0.0769. The second-order valence-corrected chi connectivity index (χ2v) is 4.69. The molecular weight excluding hydrogens is 268 g/mol. The third-order valence-corrected chi connectivity index (χ3v) is 3.36. The lowest BCUT2D eigenvalue weighted by molar-refractivity contribution is 0.0654. The number of rotatable bonds is 5. The van der Waals surface area contributed by atoms with E-state index >= 15 is 0 Å². The Hall–Kier alpha value is -2.21. The molecule has 2 N–H and O–H groups in total. The van der Waals surface area contributed by atoms with E-state index in [0.717, 1.165) is 5.56 Å². The van der Waals surface area contributed by atoms with Crippen LogP contribution in [-0.4, -0.2) is 22.2 Å². The van der Waals surface area contributed by atoms with Crippen molar-refractivity contribution in [1.29, 1.82) is 0 Å². The molecule has 0 aliphatic heterocycles. The lowest BCUT2D eigenvalue weighted by Gasteiger charge is -2.00. The fourth-order valence-electron chi connectivity index (χ4n) is 1.41. The lowest BCUT2D eigenvalue weighted by atomic mass is 10.1. The molecule has 0 atom stereocenters. The van der Waals surface area contributed by atoms with Gasteiger partial charge < -0.3 is 14.6 Å². The lowest BCUT2D eigenvalue weighted by Crippen LogP contribution is -1.95. The zero-order chi connectivity index (χ0) is 13.8. The molecule has 0 amide bonds. The molecule has 0 spiro atoms. The van der Waals surface area contributed by atoms with Crippen LogP contribution in [0.1, 0.15) is 26.5 Å². The molecule has 0 radical (unpaired) electrons. The van der Waals surface area contributed by atoms with Crippen LogP contribution in [0.5, 0.6) is 0 Å². The molecule has 0 saturated carbocycles. The first-order chi connectivity index (χ1) is 9.06. The molecule has 2 aromatic rings. The summed E-state index contributed by atoms with van der Waals surface area (Å²) in [4.78, 5) is 21.3. The van der Waals surface area contributed by atoms with Crippen molar-refractivity contribution in [3.63, 3.8) is 0 Å². The van der Waals surface area contributed by atoms with E-state index in [4.69, 9.17) is 14.6 Å². The number of thioether (sulfide) groups is 1. The quantitative estimate of drug-likeness (QED) is 0.817. The first-order valence-electron chi connectivity index (χ1n) is 5.34. The van der Waals surface area contributed by atoms with Crippen molar-refractivity contribution in [3.8, 4) is 0 Å². The Bertz CT molecular complexity index is 600. The molecule has 0 fully saturated rings. The summed E-state index contributed by atoms with van der Waals surface area (Å²) >= 11 is 1.35. The Labute approximate surface area is 112 Å². The summed E-state index contributed by atoms with van der Waals surface area (Å²) in [5.41, 5.74) is 1.17. The van der Waals surface area contributed by atoms with Crippen LogP contribution in [0.2, 0.25) is 0 Å². The minimum absolute atomic E-state index is 0.0938.